The van der Waals surface area contributed by atoms with Gasteiger partial charge in [-0.15, -0.1) is 0 Å². The second kappa shape index (κ2) is 5.08. The number of hydrogen-bond donors (Lipinski definition) is 2. The van der Waals surface area contributed by atoms with Gasteiger partial charge < -0.3 is 11.1 Å². The summed E-state index contributed by atoms with van der Waals surface area (Å²) in [6.45, 7) is 4.20. The van der Waals surface area contributed by atoms with E-state index < -0.39 is 0 Å². The van der Waals surface area contributed by atoms with Crippen molar-refractivity contribution in [2.24, 2.45) is 0 Å². The highest BCUT2D eigenvalue weighted by Crippen LogP contribution is 2.19. The van der Waals surface area contributed by atoms with Crippen molar-refractivity contribution in [1.82, 2.24) is 0 Å². The number of nitrogens with one attached hydrogen (secondary N) is 1. The lowest BCUT2D eigenvalue weighted by Gasteiger charge is -2.11. The molecule has 2 aromatic carbocycles. The first-order valence-electron chi connectivity index (χ1n) is 5.92. The van der Waals surface area contributed by atoms with Crippen molar-refractivity contribution >= 4 is 11.4 Å². The Balaban J connectivity index is 2.14. The van der Waals surface area contributed by atoms with Crippen molar-refractivity contribution in [2.45, 2.75) is 20.4 Å². The minimum atomic E-state index is -0.127. The van der Waals surface area contributed by atoms with E-state index in [0.29, 0.717) is 23.4 Å². The highest BCUT2D eigenvalue weighted by Gasteiger charge is 2.04. The second-order valence-electron chi connectivity index (χ2n) is 4.48. The van der Waals surface area contributed by atoms with Gasteiger partial charge in [0.15, 0.2) is 0 Å². The van der Waals surface area contributed by atoms with E-state index in [2.05, 4.69) is 5.32 Å². The normalized spacial score (nSPS) is 10.4. The van der Waals surface area contributed by atoms with Gasteiger partial charge in [0.1, 0.15) is 5.82 Å². The molecule has 0 fully saturated rings. The Hall–Kier alpha value is -2.03. The fourth-order valence-corrected chi connectivity index (χ4v) is 1.99. The highest BCUT2D eigenvalue weighted by atomic mass is 19.1. The van der Waals surface area contributed by atoms with Crippen LogP contribution in [0.5, 0.6) is 0 Å². The van der Waals surface area contributed by atoms with Crippen molar-refractivity contribution in [3.8, 4) is 0 Å². The van der Waals surface area contributed by atoms with Crippen LogP contribution in [0.3, 0.4) is 0 Å². The summed E-state index contributed by atoms with van der Waals surface area (Å²) in [4.78, 5) is 0. The van der Waals surface area contributed by atoms with Gasteiger partial charge in [-0.2, -0.15) is 0 Å². The lowest BCUT2D eigenvalue weighted by molar-refractivity contribution is 0.608. The Bertz CT molecular complexity index is 541. The predicted molar refractivity (Wildman–Crippen MR) is 74.1 cm³/mol. The molecule has 2 aromatic rings. The molecule has 2 rings (SSSR count). The van der Waals surface area contributed by atoms with Crippen LogP contribution in [0.1, 0.15) is 16.7 Å². The van der Waals surface area contributed by atoms with E-state index in [1.165, 1.54) is 0 Å². The fourth-order valence-electron chi connectivity index (χ4n) is 1.99. The predicted octanol–water partition coefficient (Wildman–Crippen LogP) is 3.64. The molecule has 0 bridgehead atoms. The third kappa shape index (κ3) is 2.62. The van der Waals surface area contributed by atoms with Gasteiger partial charge in [-0.3, -0.25) is 0 Å². The second-order valence-corrected chi connectivity index (χ2v) is 4.48. The Morgan fingerprint density at radius 3 is 2.33 bits per heavy atom. The van der Waals surface area contributed by atoms with Crippen LogP contribution in [-0.4, -0.2) is 0 Å². The van der Waals surface area contributed by atoms with Crippen molar-refractivity contribution in [3.63, 3.8) is 0 Å². The maximum atomic E-state index is 13.5. The van der Waals surface area contributed by atoms with Crippen LogP contribution >= 0.6 is 0 Å². The number of hydrogen-bond acceptors (Lipinski definition) is 2. The summed E-state index contributed by atoms with van der Waals surface area (Å²) in [5.74, 6) is -0.127. The van der Waals surface area contributed by atoms with E-state index in [-0.39, 0.29) is 5.82 Å². The van der Waals surface area contributed by atoms with E-state index in [9.17, 15) is 4.39 Å². The van der Waals surface area contributed by atoms with Crippen molar-refractivity contribution in [3.05, 3.63) is 58.9 Å². The molecule has 3 N–H and O–H groups in total. The molecule has 3 heteroatoms. The molecule has 0 radical (unpaired) electrons. The molecule has 0 saturated carbocycles. The monoisotopic (exact) mass is 244 g/mol. The van der Waals surface area contributed by atoms with E-state index >= 15 is 0 Å². The average Bonchev–Trinajstić information content (AvgIpc) is 2.35. The molecule has 0 aliphatic carbocycles. The largest absolute Gasteiger partial charge is 0.397 e. The summed E-state index contributed by atoms with van der Waals surface area (Å²) < 4.78 is 13.5. The Kier molecular flexibility index (Phi) is 3.51. The summed E-state index contributed by atoms with van der Waals surface area (Å²) in [6.07, 6.45) is 0. The van der Waals surface area contributed by atoms with Crippen LogP contribution < -0.4 is 11.1 Å². The maximum absolute atomic E-state index is 13.5. The zero-order valence-corrected chi connectivity index (χ0v) is 10.6. The summed E-state index contributed by atoms with van der Waals surface area (Å²) in [6, 6.07) is 11.3. The number of para-hydroxylation sites is 2. The SMILES string of the molecule is Cc1cc(CNc2ccccc2N)cc(C)c1F. The van der Waals surface area contributed by atoms with Gasteiger partial charge in [-0.1, -0.05) is 24.3 Å². The van der Waals surface area contributed by atoms with Gasteiger partial charge in [0.25, 0.3) is 0 Å². The van der Waals surface area contributed by atoms with E-state index in [1.807, 2.05) is 36.4 Å². The van der Waals surface area contributed by atoms with Crippen LogP contribution in [0, 0.1) is 19.7 Å². The number of benzene rings is 2. The standard InChI is InChI=1S/C15H17FN2/c1-10-7-12(8-11(2)15(10)16)9-18-14-6-4-3-5-13(14)17/h3-8,18H,9,17H2,1-2H3. The van der Waals surface area contributed by atoms with Crippen LogP contribution in [0.25, 0.3) is 0 Å². The van der Waals surface area contributed by atoms with Gasteiger partial charge in [-0.25, -0.2) is 4.39 Å². The number of nitrogens with two attached hydrogens (primary N) is 1. The van der Waals surface area contributed by atoms with Gasteiger partial charge in [0.05, 0.1) is 11.4 Å². The minimum absolute atomic E-state index is 0.127. The first kappa shape index (κ1) is 12.4. The smallest absolute Gasteiger partial charge is 0.129 e. The summed E-state index contributed by atoms with van der Waals surface area (Å²) in [5.41, 5.74) is 9.86. The zero-order valence-electron chi connectivity index (χ0n) is 10.6. The first-order chi connectivity index (χ1) is 8.58. The zero-order chi connectivity index (χ0) is 13.1. The number of anilines is 2. The molecule has 0 atom stereocenters. The van der Waals surface area contributed by atoms with Crippen molar-refractivity contribution < 1.29 is 4.39 Å². The topological polar surface area (TPSA) is 38.0 Å². The molecule has 0 aromatic heterocycles. The molecule has 0 heterocycles. The maximum Gasteiger partial charge on any atom is 0.129 e. The van der Waals surface area contributed by atoms with E-state index in [4.69, 9.17) is 5.73 Å². The number of aryl methyl sites for hydroxylation is 2. The lowest BCUT2D eigenvalue weighted by atomic mass is 10.1. The Morgan fingerprint density at radius 2 is 1.72 bits per heavy atom. The van der Waals surface area contributed by atoms with Crippen LogP contribution in [-0.2, 0) is 6.54 Å². The molecule has 0 unspecified atom stereocenters. The Morgan fingerprint density at radius 1 is 1.11 bits per heavy atom. The molecule has 0 aliphatic rings. The van der Waals surface area contributed by atoms with Gasteiger partial charge in [0.2, 0.25) is 0 Å². The van der Waals surface area contributed by atoms with Gasteiger partial charge in [0, 0.05) is 6.54 Å². The molecule has 0 saturated heterocycles. The molecule has 0 aliphatic heterocycles. The van der Waals surface area contributed by atoms with Gasteiger partial charge in [-0.05, 0) is 42.7 Å². The molecule has 18 heavy (non-hydrogen) atoms. The fraction of sp³-hybridized carbons (Fsp3) is 0.200. The number of rotatable bonds is 3. The summed E-state index contributed by atoms with van der Waals surface area (Å²) in [7, 11) is 0. The molecule has 0 spiro atoms. The molecular formula is C15H17FN2. The third-order valence-electron chi connectivity index (χ3n) is 2.94. The number of halogens is 1. The molecule has 0 amide bonds. The van der Waals surface area contributed by atoms with Crippen LogP contribution in [0.2, 0.25) is 0 Å². The molecule has 2 nitrogen and oxygen atoms in total. The first-order valence-corrected chi connectivity index (χ1v) is 5.92. The molecule has 94 valence electrons. The highest BCUT2D eigenvalue weighted by molar-refractivity contribution is 5.65. The number of nitrogen functional groups attached to an aromatic ring is 1. The molecular weight excluding hydrogens is 227 g/mol. The van der Waals surface area contributed by atoms with Crippen molar-refractivity contribution in [1.29, 1.82) is 0 Å². The minimum Gasteiger partial charge on any atom is -0.397 e. The van der Waals surface area contributed by atoms with Crippen LogP contribution in [0.4, 0.5) is 15.8 Å². The Labute approximate surface area is 107 Å². The van der Waals surface area contributed by atoms with Crippen LogP contribution in [0.15, 0.2) is 36.4 Å². The van der Waals surface area contributed by atoms with Crippen molar-refractivity contribution in [2.75, 3.05) is 11.1 Å². The summed E-state index contributed by atoms with van der Waals surface area (Å²) in [5, 5.41) is 3.26. The average molecular weight is 244 g/mol. The van der Waals surface area contributed by atoms with Gasteiger partial charge >= 0.3 is 0 Å². The van der Waals surface area contributed by atoms with E-state index in [0.717, 1.165) is 11.3 Å². The quantitative estimate of drug-likeness (QED) is 0.809. The summed E-state index contributed by atoms with van der Waals surface area (Å²) >= 11 is 0. The lowest BCUT2D eigenvalue weighted by Crippen LogP contribution is -2.03. The third-order valence-corrected chi connectivity index (χ3v) is 2.94. The van der Waals surface area contributed by atoms with E-state index in [1.54, 1.807) is 13.8 Å².